The molecule has 0 spiro atoms. The van der Waals surface area contributed by atoms with E-state index in [-0.39, 0.29) is 21.7 Å². The van der Waals surface area contributed by atoms with E-state index in [0.29, 0.717) is 59.0 Å². The first kappa shape index (κ1) is 36.5. The van der Waals surface area contributed by atoms with E-state index in [2.05, 4.69) is 20.4 Å². The number of amides is 1. The maximum Gasteiger partial charge on any atom is 0.410 e. The quantitative estimate of drug-likeness (QED) is 0.287. The summed E-state index contributed by atoms with van der Waals surface area (Å²) in [6.07, 6.45) is 2.86. The molecule has 16 heteroatoms. The summed E-state index contributed by atoms with van der Waals surface area (Å²) in [7, 11) is 0. The second kappa shape index (κ2) is 15.8. The maximum atomic E-state index is 12.7. The number of anilines is 2. The van der Waals surface area contributed by atoms with E-state index >= 15 is 0 Å². The molecule has 6 rings (SSSR count). The number of halogens is 4. The largest absolute Gasteiger partial charge is 0.444 e. The minimum atomic E-state index is -0.535. The predicted molar refractivity (Wildman–Crippen MR) is 195 cm³/mol. The summed E-state index contributed by atoms with van der Waals surface area (Å²) in [4.78, 5) is 43.0. The molecule has 2 aliphatic rings. The van der Waals surface area contributed by atoms with Gasteiger partial charge in [-0.3, -0.25) is 9.59 Å². The van der Waals surface area contributed by atoms with Gasteiger partial charge in [-0.15, -0.1) is 0 Å². The lowest BCUT2D eigenvalue weighted by Crippen LogP contribution is -2.50. The zero-order chi connectivity index (χ0) is 35.3. The van der Waals surface area contributed by atoms with Gasteiger partial charge in [-0.05, 0) is 57.2 Å². The Kier molecular flexibility index (Phi) is 11.8. The first-order valence-electron chi connectivity index (χ1n) is 15.6. The average Bonchev–Trinajstić information content (AvgIpc) is 3.07. The van der Waals surface area contributed by atoms with Crippen LogP contribution in [0.2, 0.25) is 20.1 Å². The van der Waals surface area contributed by atoms with Crippen LogP contribution in [-0.2, 0) is 4.74 Å². The van der Waals surface area contributed by atoms with E-state index in [4.69, 9.17) is 51.1 Å². The highest BCUT2D eigenvalue weighted by atomic mass is 35.5. The van der Waals surface area contributed by atoms with Crippen LogP contribution in [0.25, 0.3) is 11.4 Å². The number of aromatic nitrogens is 4. The van der Waals surface area contributed by atoms with E-state index in [1.165, 1.54) is 9.36 Å². The highest BCUT2D eigenvalue weighted by Crippen LogP contribution is 2.25. The standard InChI is InChI=1S/C19H22Cl2N4O3.C14H14Cl2N4O/c1-19(2,3)28-18(27)24-9-7-23(8-10-24)15-12-22-25(17(26)16(15)21)14-6-4-5-13(20)11-14;15-10-2-1-3-11(8-10)20-14(21)13(16)12(9-18-20)19-6-4-17-5-7-19/h4-6,11-12H,7-10H2,1-3H3;1-3,8-9,17H,4-7H2. The van der Waals surface area contributed by atoms with Crippen molar-refractivity contribution >= 4 is 63.9 Å². The van der Waals surface area contributed by atoms with E-state index in [1.54, 1.807) is 65.8 Å². The molecule has 0 atom stereocenters. The van der Waals surface area contributed by atoms with Crippen LogP contribution in [-0.4, -0.2) is 88.5 Å². The van der Waals surface area contributed by atoms with Crippen molar-refractivity contribution in [2.75, 3.05) is 62.2 Å². The van der Waals surface area contributed by atoms with Crippen molar-refractivity contribution in [2.24, 2.45) is 0 Å². The molecule has 12 nitrogen and oxygen atoms in total. The van der Waals surface area contributed by atoms with Crippen LogP contribution >= 0.6 is 46.4 Å². The molecule has 0 unspecified atom stereocenters. The monoisotopic (exact) mass is 748 g/mol. The number of ether oxygens (including phenoxy) is 1. The Morgan fingerprint density at radius 2 is 1.16 bits per heavy atom. The Bertz CT molecular complexity index is 1920. The van der Waals surface area contributed by atoms with Crippen molar-refractivity contribution in [1.82, 2.24) is 29.8 Å². The molecule has 49 heavy (non-hydrogen) atoms. The number of carbonyl (C=O) groups excluding carboxylic acids is 1. The number of nitrogens with one attached hydrogen (secondary N) is 1. The van der Waals surface area contributed by atoms with Gasteiger partial charge in [0, 0.05) is 62.4 Å². The predicted octanol–water partition coefficient (Wildman–Crippen LogP) is 5.55. The zero-order valence-electron chi connectivity index (χ0n) is 27.2. The van der Waals surface area contributed by atoms with Crippen molar-refractivity contribution in [2.45, 2.75) is 26.4 Å². The Morgan fingerprint density at radius 1 is 0.714 bits per heavy atom. The van der Waals surface area contributed by atoms with Gasteiger partial charge in [-0.2, -0.15) is 19.6 Å². The summed E-state index contributed by atoms with van der Waals surface area (Å²) < 4.78 is 7.88. The number of rotatable bonds is 4. The molecule has 2 aromatic heterocycles. The van der Waals surface area contributed by atoms with E-state index in [0.717, 1.165) is 26.2 Å². The van der Waals surface area contributed by atoms with Crippen LogP contribution in [0.5, 0.6) is 0 Å². The molecule has 4 heterocycles. The van der Waals surface area contributed by atoms with Crippen molar-refractivity contribution in [3.8, 4) is 11.4 Å². The van der Waals surface area contributed by atoms with E-state index in [1.807, 2.05) is 25.7 Å². The van der Waals surface area contributed by atoms with Crippen LogP contribution in [0.4, 0.5) is 16.2 Å². The molecule has 4 aromatic rings. The van der Waals surface area contributed by atoms with Gasteiger partial charge in [-0.25, -0.2) is 4.79 Å². The third kappa shape index (κ3) is 9.06. The fourth-order valence-electron chi connectivity index (χ4n) is 5.23. The van der Waals surface area contributed by atoms with Crippen molar-refractivity contribution in [3.05, 3.63) is 102 Å². The summed E-state index contributed by atoms with van der Waals surface area (Å²) in [5.74, 6) is 0. The lowest BCUT2D eigenvalue weighted by atomic mass is 10.2. The minimum Gasteiger partial charge on any atom is -0.444 e. The first-order chi connectivity index (χ1) is 23.3. The molecule has 0 bridgehead atoms. The number of hydrogen-bond acceptors (Lipinski definition) is 9. The Balaban J connectivity index is 0.000000199. The van der Waals surface area contributed by atoms with Crippen LogP contribution in [0, 0.1) is 0 Å². The smallest absolute Gasteiger partial charge is 0.410 e. The third-order valence-electron chi connectivity index (χ3n) is 7.64. The van der Waals surface area contributed by atoms with E-state index < -0.39 is 11.2 Å². The SMILES string of the molecule is CC(C)(C)OC(=O)N1CCN(c2cnn(-c3cccc(Cl)c3)c(=O)c2Cl)CC1.O=c1c(Cl)c(N2CCNCC2)cnn1-c1cccc(Cl)c1. The summed E-state index contributed by atoms with van der Waals surface area (Å²) in [6, 6.07) is 13.8. The van der Waals surface area contributed by atoms with Crippen LogP contribution < -0.4 is 26.2 Å². The van der Waals surface area contributed by atoms with Gasteiger partial charge in [0.2, 0.25) is 0 Å². The fourth-order valence-corrected chi connectivity index (χ4v) is 6.10. The van der Waals surface area contributed by atoms with Crippen LogP contribution in [0.1, 0.15) is 20.8 Å². The van der Waals surface area contributed by atoms with Gasteiger partial charge >= 0.3 is 6.09 Å². The molecule has 260 valence electrons. The number of hydrogen-bond donors (Lipinski definition) is 1. The van der Waals surface area contributed by atoms with Gasteiger partial charge in [0.15, 0.2) is 0 Å². The van der Waals surface area contributed by atoms with Gasteiger partial charge in [-0.1, -0.05) is 58.5 Å². The molecule has 2 aromatic carbocycles. The molecule has 0 radical (unpaired) electrons. The average molecular weight is 751 g/mol. The fraction of sp³-hybridized carbons (Fsp3) is 0.364. The van der Waals surface area contributed by atoms with Crippen molar-refractivity contribution < 1.29 is 9.53 Å². The van der Waals surface area contributed by atoms with Crippen LogP contribution in [0.3, 0.4) is 0 Å². The maximum absolute atomic E-state index is 12.7. The molecule has 2 saturated heterocycles. The molecule has 0 aliphatic carbocycles. The lowest BCUT2D eigenvalue weighted by Gasteiger charge is -2.36. The van der Waals surface area contributed by atoms with Crippen LogP contribution in [0.15, 0.2) is 70.5 Å². The number of benzene rings is 2. The normalized spacial score (nSPS) is 15.0. The van der Waals surface area contributed by atoms with Gasteiger partial charge < -0.3 is 24.8 Å². The molecule has 1 amide bonds. The lowest BCUT2D eigenvalue weighted by molar-refractivity contribution is 0.0240. The summed E-state index contributed by atoms with van der Waals surface area (Å²) in [5, 5.41) is 13.0. The summed E-state index contributed by atoms with van der Waals surface area (Å²) in [5.41, 5.74) is 1.08. The van der Waals surface area contributed by atoms with E-state index in [9.17, 15) is 14.4 Å². The number of nitrogens with zero attached hydrogens (tertiary/aromatic N) is 7. The Hall–Kier alpha value is -3.81. The highest BCUT2D eigenvalue weighted by Gasteiger charge is 2.27. The minimum absolute atomic E-state index is 0.0840. The topological polar surface area (TPSA) is 118 Å². The molecular formula is C33H36Cl4N8O4. The summed E-state index contributed by atoms with van der Waals surface area (Å²) in [6.45, 7) is 10.9. The molecule has 0 saturated carbocycles. The van der Waals surface area contributed by atoms with Crippen molar-refractivity contribution in [1.29, 1.82) is 0 Å². The second-order valence-electron chi connectivity index (χ2n) is 12.3. The second-order valence-corrected chi connectivity index (χ2v) is 13.9. The number of piperazine rings is 2. The molecule has 2 aliphatic heterocycles. The summed E-state index contributed by atoms with van der Waals surface area (Å²) >= 11 is 24.5. The van der Waals surface area contributed by atoms with Gasteiger partial charge in [0.05, 0.1) is 35.1 Å². The molecular weight excluding hydrogens is 714 g/mol. The van der Waals surface area contributed by atoms with Crippen molar-refractivity contribution in [3.63, 3.8) is 0 Å². The Morgan fingerprint density at radius 3 is 1.59 bits per heavy atom. The first-order valence-corrected chi connectivity index (χ1v) is 17.1. The van der Waals surface area contributed by atoms with Gasteiger partial charge in [0.1, 0.15) is 15.6 Å². The highest BCUT2D eigenvalue weighted by molar-refractivity contribution is 6.33. The molecule has 2 fully saturated rings. The van der Waals surface area contributed by atoms with Gasteiger partial charge in [0.25, 0.3) is 11.1 Å². The number of carbonyl (C=O) groups is 1. The Labute approximate surface area is 303 Å². The molecule has 1 N–H and O–H groups in total. The zero-order valence-corrected chi connectivity index (χ0v) is 30.2. The third-order valence-corrected chi connectivity index (χ3v) is 8.82.